The maximum absolute atomic E-state index is 12.5. The Morgan fingerprint density at radius 2 is 2.00 bits per heavy atom. The third-order valence-electron chi connectivity index (χ3n) is 1.51. The van der Waals surface area contributed by atoms with Crippen molar-refractivity contribution in [2.24, 2.45) is 16.6 Å². The van der Waals surface area contributed by atoms with Crippen molar-refractivity contribution in [2.45, 2.75) is 33.6 Å². The van der Waals surface area contributed by atoms with Gasteiger partial charge in [-0.2, -0.15) is 0 Å². The van der Waals surface area contributed by atoms with Crippen LogP contribution in [0.4, 0.5) is 8.78 Å². The van der Waals surface area contributed by atoms with Gasteiger partial charge in [-0.3, -0.25) is 4.99 Å². The fourth-order valence-corrected chi connectivity index (χ4v) is 0.858. The molecule has 0 atom stereocenters. The van der Waals surface area contributed by atoms with Crippen LogP contribution in [0, 0.1) is 5.92 Å². The minimum absolute atomic E-state index is 0.107. The second-order valence-electron chi connectivity index (χ2n) is 3.85. The van der Waals surface area contributed by atoms with Gasteiger partial charge < -0.3 is 5.73 Å². The van der Waals surface area contributed by atoms with Crippen LogP contribution in [0.15, 0.2) is 16.8 Å². The van der Waals surface area contributed by atoms with E-state index in [4.69, 9.17) is 5.73 Å². The highest BCUT2D eigenvalue weighted by molar-refractivity contribution is 5.96. The van der Waals surface area contributed by atoms with Gasteiger partial charge in [-0.15, -0.1) is 0 Å². The van der Waals surface area contributed by atoms with E-state index in [1.54, 1.807) is 13.0 Å². The van der Waals surface area contributed by atoms with Gasteiger partial charge in [0.05, 0.1) is 0 Å². The minimum Gasteiger partial charge on any atom is -0.402 e. The Bertz CT molecular complexity index is 233. The van der Waals surface area contributed by atoms with E-state index in [-0.39, 0.29) is 5.92 Å². The number of alkyl halides is 2. The minimum atomic E-state index is -2.75. The lowest BCUT2D eigenvalue weighted by Gasteiger charge is -2.10. The number of halogens is 2. The molecule has 0 aromatic carbocycles. The lowest BCUT2D eigenvalue weighted by molar-refractivity contribution is 0.0326. The zero-order chi connectivity index (χ0) is 11.4. The number of aliphatic imine (C=N–C) groups is 1. The van der Waals surface area contributed by atoms with Crippen LogP contribution < -0.4 is 5.73 Å². The molecule has 4 heteroatoms. The smallest absolute Gasteiger partial charge is 0.264 e. The van der Waals surface area contributed by atoms with Gasteiger partial charge in [0.2, 0.25) is 0 Å². The fourth-order valence-electron chi connectivity index (χ4n) is 0.858. The van der Waals surface area contributed by atoms with E-state index < -0.39 is 12.5 Å². The summed E-state index contributed by atoms with van der Waals surface area (Å²) >= 11 is 0. The number of nitrogens with zero attached hydrogens (tertiary/aromatic N) is 1. The van der Waals surface area contributed by atoms with Crippen molar-refractivity contribution >= 4 is 5.71 Å². The summed E-state index contributed by atoms with van der Waals surface area (Å²) in [6.45, 7) is 5.87. The van der Waals surface area contributed by atoms with E-state index >= 15 is 0 Å². The Labute approximate surface area is 83.9 Å². The molecule has 0 fully saturated rings. The van der Waals surface area contributed by atoms with Crippen molar-refractivity contribution in [1.29, 1.82) is 0 Å². The highest BCUT2D eigenvalue weighted by Gasteiger charge is 2.20. The van der Waals surface area contributed by atoms with Crippen molar-refractivity contribution in [3.63, 3.8) is 0 Å². The third-order valence-corrected chi connectivity index (χ3v) is 1.51. The van der Waals surface area contributed by atoms with Crippen LogP contribution in [0.25, 0.3) is 0 Å². The Morgan fingerprint density at radius 3 is 2.29 bits per heavy atom. The van der Waals surface area contributed by atoms with E-state index in [1.165, 1.54) is 0 Å². The first-order chi connectivity index (χ1) is 6.22. The Balaban J connectivity index is 4.59. The maximum atomic E-state index is 12.5. The van der Waals surface area contributed by atoms with Crippen molar-refractivity contribution in [3.8, 4) is 0 Å². The molecule has 0 unspecified atom stereocenters. The highest BCUT2D eigenvalue weighted by Crippen LogP contribution is 2.12. The van der Waals surface area contributed by atoms with E-state index in [2.05, 4.69) is 4.99 Å². The van der Waals surface area contributed by atoms with E-state index in [0.717, 1.165) is 6.92 Å². The van der Waals surface area contributed by atoms with E-state index in [9.17, 15) is 8.78 Å². The van der Waals surface area contributed by atoms with Gasteiger partial charge in [-0.05, 0) is 18.9 Å². The highest BCUT2D eigenvalue weighted by atomic mass is 19.3. The van der Waals surface area contributed by atoms with Crippen molar-refractivity contribution in [3.05, 3.63) is 11.8 Å². The molecule has 0 aliphatic heterocycles. The number of hydrogen-bond acceptors (Lipinski definition) is 2. The van der Waals surface area contributed by atoms with Crippen molar-refractivity contribution in [1.82, 2.24) is 0 Å². The molecule has 0 saturated heterocycles. The predicted octanol–water partition coefficient (Wildman–Crippen LogP) is 2.60. The lowest BCUT2D eigenvalue weighted by Crippen LogP contribution is -2.17. The van der Waals surface area contributed by atoms with Crippen LogP contribution in [-0.2, 0) is 0 Å². The summed E-state index contributed by atoms with van der Waals surface area (Å²) in [5.74, 6) is -2.65. The van der Waals surface area contributed by atoms with Crippen molar-refractivity contribution < 1.29 is 8.78 Å². The number of hydrogen-bond donors (Lipinski definition) is 1. The summed E-state index contributed by atoms with van der Waals surface area (Å²) in [6.07, 6.45) is 1.64. The van der Waals surface area contributed by atoms with E-state index in [0.29, 0.717) is 11.4 Å². The molecule has 0 aromatic heterocycles. The molecule has 0 bridgehead atoms. The third kappa shape index (κ3) is 6.57. The first kappa shape index (κ1) is 13.1. The summed E-state index contributed by atoms with van der Waals surface area (Å²) < 4.78 is 25.0. The van der Waals surface area contributed by atoms with Crippen LogP contribution >= 0.6 is 0 Å². The molecule has 2 N–H and O–H groups in total. The van der Waals surface area contributed by atoms with Crippen LogP contribution in [0.5, 0.6) is 0 Å². The van der Waals surface area contributed by atoms with E-state index in [1.807, 2.05) is 13.8 Å². The molecule has 0 aliphatic carbocycles. The quantitative estimate of drug-likeness (QED) is 0.702. The van der Waals surface area contributed by atoms with Crippen LogP contribution in [0.2, 0.25) is 0 Å². The summed E-state index contributed by atoms with van der Waals surface area (Å²) in [6, 6.07) is 0. The topological polar surface area (TPSA) is 38.4 Å². The van der Waals surface area contributed by atoms with Gasteiger partial charge in [0.1, 0.15) is 6.54 Å². The molecule has 2 nitrogen and oxygen atoms in total. The van der Waals surface area contributed by atoms with Gasteiger partial charge in [-0.1, -0.05) is 13.8 Å². The SMILES string of the molecule is CC(N)=CC(=NCC(C)(F)F)C(C)C. The molecular formula is C10H18F2N2. The molecule has 0 spiro atoms. The summed E-state index contributed by atoms with van der Waals surface area (Å²) in [7, 11) is 0. The molecular weight excluding hydrogens is 186 g/mol. The molecule has 0 saturated carbocycles. The summed E-state index contributed by atoms with van der Waals surface area (Å²) in [5, 5.41) is 0. The number of nitrogens with two attached hydrogens (primary N) is 1. The number of allylic oxidation sites excluding steroid dienone is 2. The molecule has 0 aliphatic rings. The standard InChI is InChI=1S/C10H18F2N2/c1-7(2)9(5-8(3)13)14-6-10(4,11)12/h5,7H,6,13H2,1-4H3. The van der Waals surface area contributed by atoms with Gasteiger partial charge >= 0.3 is 0 Å². The zero-order valence-corrected chi connectivity index (χ0v) is 9.14. The molecule has 82 valence electrons. The van der Waals surface area contributed by atoms with Crippen LogP contribution in [-0.4, -0.2) is 18.2 Å². The molecule has 0 radical (unpaired) electrons. The second kappa shape index (κ2) is 5.08. The lowest BCUT2D eigenvalue weighted by atomic mass is 10.1. The van der Waals surface area contributed by atoms with Crippen LogP contribution in [0.3, 0.4) is 0 Å². The first-order valence-electron chi connectivity index (χ1n) is 4.58. The predicted molar refractivity (Wildman–Crippen MR) is 55.7 cm³/mol. The molecule has 0 rings (SSSR count). The Morgan fingerprint density at radius 1 is 1.50 bits per heavy atom. The van der Waals surface area contributed by atoms with Crippen LogP contribution in [0.1, 0.15) is 27.7 Å². The zero-order valence-electron chi connectivity index (χ0n) is 9.14. The molecule has 0 amide bonds. The average Bonchev–Trinajstić information content (AvgIpc) is 1.94. The summed E-state index contributed by atoms with van der Waals surface area (Å²) in [4.78, 5) is 3.84. The van der Waals surface area contributed by atoms with Gasteiger partial charge in [0, 0.05) is 18.3 Å². The fraction of sp³-hybridized carbons (Fsp3) is 0.700. The van der Waals surface area contributed by atoms with Gasteiger partial charge in [0.25, 0.3) is 5.92 Å². The molecule has 14 heavy (non-hydrogen) atoms. The normalized spacial score (nSPS) is 15.1. The Kier molecular flexibility index (Phi) is 4.74. The second-order valence-corrected chi connectivity index (χ2v) is 3.85. The maximum Gasteiger partial charge on any atom is 0.264 e. The van der Waals surface area contributed by atoms with Crippen molar-refractivity contribution in [2.75, 3.05) is 6.54 Å². The van der Waals surface area contributed by atoms with Gasteiger partial charge in [0.15, 0.2) is 0 Å². The monoisotopic (exact) mass is 204 g/mol. The summed E-state index contributed by atoms with van der Waals surface area (Å²) in [5.41, 5.74) is 6.66. The van der Waals surface area contributed by atoms with Gasteiger partial charge in [-0.25, -0.2) is 8.78 Å². The molecule has 0 heterocycles. The number of rotatable bonds is 4. The molecule has 0 aromatic rings. The Hall–Kier alpha value is -0.930. The first-order valence-corrected chi connectivity index (χ1v) is 4.58. The largest absolute Gasteiger partial charge is 0.402 e. The average molecular weight is 204 g/mol.